The Bertz CT molecular complexity index is 3110. The summed E-state index contributed by atoms with van der Waals surface area (Å²) >= 11 is 5.19. The van der Waals surface area contributed by atoms with Crippen LogP contribution in [0.2, 0.25) is 0 Å². The van der Waals surface area contributed by atoms with Crippen molar-refractivity contribution in [3.8, 4) is 0 Å². The summed E-state index contributed by atoms with van der Waals surface area (Å²) in [5.74, 6) is -0.348. The molecule has 9 rings (SSSR count). The van der Waals surface area contributed by atoms with Crippen molar-refractivity contribution in [3.63, 3.8) is 0 Å². The average molecular weight is 1600 g/mol. The summed E-state index contributed by atoms with van der Waals surface area (Å²) in [4.78, 5) is 48.5. The molecule has 1 aliphatic heterocycles. The molecule has 114 heavy (non-hydrogen) atoms. The van der Waals surface area contributed by atoms with Gasteiger partial charge < -0.3 is 60.8 Å². The number of hydrogen-bond donors (Lipinski definition) is 7. The van der Waals surface area contributed by atoms with Crippen LogP contribution in [0.3, 0.4) is 0 Å². The van der Waals surface area contributed by atoms with E-state index in [0.29, 0.717) is 32.2 Å². The Kier molecular flexibility index (Phi) is 88.8. The lowest BCUT2D eigenvalue weighted by atomic mass is 10.1. The molecule has 0 saturated carbocycles. The van der Waals surface area contributed by atoms with Crippen LogP contribution in [-0.2, 0) is 84.8 Å². The summed E-state index contributed by atoms with van der Waals surface area (Å²) in [6.07, 6.45) is 16.7. The third-order valence-electron chi connectivity index (χ3n) is 16.3. The number of carbonyl (C=O) groups excluding carboxylic acids is 3. The van der Waals surface area contributed by atoms with E-state index in [9.17, 15) is 19.2 Å². The van der Waals surface area contributed by atoms with Crippen LogP contribution in [0.25, 0.3) is 0 Å². The summed E-state index contributed by atoms with van der Waals surface area (Å²) in [6.45, 7) is 32.5. The number of aryl methyl sites for hydroxylation is 8. The number of aliphatic carboxylic acids is 1. The molecule has 0 unspecified atom stereocenters. The zero-order chi connectivity index (χ0) is 85.2. The first kappa shape index (κ1) is 112. The first-order chi connectivity index (χ1) is 55.7. The number of benzene rings is 8. The van der Waals surface area contributed by atoms with Crippen molar-refractivity contribution in [1.82, 2.24) is 20.4 Å². The lowest BCUT2D eigenvalue weighted by Crippen LogP contribution is -2.32. The highest BCUT2D eigenvalue weighted by Crippen LogP contribution is 2.11. The molecule has 0 atom stereocenters. The van der Waals surface area contributed by atoms with Crippen LogP contribution in [0.15, 0.2) is 243 Å². The molecule has 1 saturated heterocycles. The number of carboxylic acids is 1. The van der Waals surface area contributed by atoms with Crippen LogP contribution >= 0.6 is 11.6 Å². The van der Waals surface area contributed by atoms with Gasteiger partial charge in [-0.25, -0.2) is 0 Å². The Labute approximate surface area is 695 Å². The van der Waals surface area contributed by atoms with E-state index in [4.69, 9.17) is 52.0 Å². The largest absolute Gasteiger partial charge is 0.481 e. The minimum absolute atomic E-state index is 0.131. The lowest BCUT2D eigenvalue weighted by Gasteiger charge is -2.21. The molecule has 1 heterocycles. The molecule has 0 radical (unpaired) electrons. The predicted molar refractivity (Wildman–Crippen MR) is 482 cm³/mol. The van der Waals surface area contributed by atoms with Gasteiger partial charge in [-0.1, -0.05) is 263 Å². The van der Waals surface area contributed by atoms with Crippen LogP contribution in [0.1, 0.15) is 171 Å². The van der Waals surface area contributed by atoms with E-state index in [-0.39, 0.29) is 23.5 Å². The van der Waals surface area contributed by atoms with Crippen LogP contribution in [0.5, 0.6) is 0 Å². The Morgan fingerprint density at radius 2 is 0.667 bits per heavy atom. The third kappa shape index (κ3) is 76.4. The van der Waals surface area contributed by atoms with E-state index >= 15 is 0 Å². The normalized spacial score (nSPS) is 10.1. The molecule has 17 heteroatoms. The van der Waals surface area contributed by atoms with E-state index in [1.54, 1.807) is 0 Å². The topological polar surface area (TPSA) is 233 Å². The minimum Gasteiger partial charge on any atom is -0.481 e. The molecule has 8 N–H and O–H groups in total. The van der Waals surface area contributed by atoms with Gasteiger partial charge in [-0.15, -0.1) is 0 Å². The molecule has 2 amide bonds. The van der Waals surface area contributed by atoms with Crippen molar-refractivity contribution in [2.24, 2.45) is 5.73 Å². The number of carboxylic acid groups (broad SMARTS) is 1. The van der Waals surface area contributed by atoms with Crippen molar-refractivity contribution in [3.05, 3.63) is 287 Å². The maximum Gasteiger partial charge on any atom is 0.303 e. The molecule has 16 nitrogen and oxygen atoms in total. The van der Waals surface area contributed by atoms with Crippen LogP contribution in [-0.4, -0.2) is 173 Å². The molecule has 1 fully saturated rings. The van der Waals surface area contributed by atoms with E-state index < -0.39 is 5.97 Å². The fourth-order valence-electron chi connectivity index (χ4n) is 10.5. The van der Waals surface area contributed by atoms with Gasteiger partial charge in [-0.2, -0.15) is 0 Å². The Hall–Kier alpha value is -8.23. The quantitative estimate of drug-likeness (QED) is 0.0143. The molecule has 8 aromatic carbocycles. The molecule has 1 aliphatic rings. The van der Waals surface area contributed by atoms with E-state index in [0.717, 1.165) is 143 Å². The van der Waals surface area contributed by atoms with Gasteiger partial charge >= 0.3 is 5.97 Å². The van der Waals surface area contributed by atoms with Crippen molar-refractivity contribution in [2.75, 3.05) is 120 Å². The highest BCUT2D eigenvalue weighted by molar-refractivity contribution is 6.63. The van der Waals surface area contributed by atoms with Crippen molar-refractivity contribution >= 4 is 34.6 Å². The molecule has 0 bridgehead atoms. The van der Waals surface area contributed by atoms with Gasteiger partial charge in [0.1, 0.15) is 0 Å². The first-order valence-corrected chi connectivity index (χ1v) is 41.6. The maximum absolute atomic E-state index is 12.3. The van der Waals surface area contributed by atoms with Crippen LogP contribution < -0.4 is 16.4 Å². The summed E-state index contributed by atoms with van der Waals surface area (Å²) in [7, 11) is 3.00. The number of nitrogens with zero attached hydrogens (tertiary/aromatic N) is 2. The van der Waals surface area contributed by atoms with Gasteiger partial charge in [0, 0.05) is 106 Å². The summed E-state index contributed by atoms with van der Waals surface area (Å²) in [5, 5.41) is 35.2. The predicted octanol–water partition coefficient (Wildman–Crippen LogP) is 18.4. The second-order valence-electron chi connectivity index (χ2n) is 25.1. The standard InChI is InChI=1S/C20H25NO.C20H27N.C11H15NO.C11H17N.C9H9ClO.C9H10O2.C4H8O.2C4H10O.C2H7N.3CH4O/c1-2-21(17-9-14-18-10-5-3-6-11-18)20(22)16-15-19-12-7-4-8-13-19;1-2-21(17-9-15-19-11-5-3-6-12-19)18-10-16-20-13-7-4-8-14-20;1-2-12-11(13)9-8-10-6-4-3-5-7-10;1-2-12-10-6-9-11-7-4-3-5-8-11;2*10-9(11)7-6-8-4-2-1-3-5-8;1-2-4-5-3-1;2*1-3-5-4-2;1-2-3;3*1-2/h3-8,10-13H,2,9,14-17H2,1H3;3-8,11-14H,2,9-10,15-18H2,1H3;3-7H,2,8-9H2,1H3,(H,12,13);3-5,7-8,12H,2,6,9-10H2,1H3;1-5H,6-7H2;1-5H,6-7H2,(H,10,11);1-4H2;2*3-4H2,1-2H3;2-3H2,1H3;3*2H,1H3. The average Bonchev–Trinajstić information content (AvgIpc) is 1.06. The van der Waals surface area contributed by atoms with Crippen LogP contribution in [0, 0.1) is 0 Å². The van der Waals surface area contributed by atoms with E-state index in [1.165, 1.54) is 97.8 Å². The van der Waals surface area contributed by atoms with Gasteiger partial charge in [-0.05, 0) is 227 Å². The summed E-state index contributed by atoms with van der Waals surface area (Å²) in [5.41, 5.74) is 15.2. The number of amides is 2. The van der Waals surface area contributed by atoms with Crippen molar-refractivity contribution < 1.29 is 53.8 Å². The van der Waals surface area contributed by atoms with Gasteiger partial charge in [0.25, 0.3) is 0 Å². The minimum atomic E-state index is -0.742. The zero-order valence-electron chi connectivity index (χ0n) is 71.9. The number of carbonyl (C=O) groups is 4. The molecular weight excluding hydrogens is 1450 g/mol. The van der Waals surface area contributed by atoms with Gasteiger partial charge in [0.05, 0.1) is 0 Å². The summed E-state index contributed by atoms with van der Waals surface area (Å²) < 4.78 is 14.6. The Morgan fingerprint density at radius 1 is 0.386 bits per heavy atom. The fourth-order valence-corrected chi connectivity index (χ4v) is 10.6. The second kappa shape index (κ2) is 90.3. The van der Waals surface area contributed by atoms with E-state index in [1.807, 2.05) is 162 Å². The number of ether oxygens (including phenoxy) is 3. The van der Waals surface area contributed by atoms with Gasteiger partial charge in [0.2, 0.25) is 17.1 Å². The van der Waals surface area contributed by atoms with Crippen LogP contribution in [0.4, 0.5) is 0 Å². The SMILES string of the molecule is C1CCOC1.CCN.CCN(CCCc1ccccc1)C(=O)CCc1ccccc1.CCN(CCCc1ccccc1)CCCc1ccccc1.CCNC(=O)CCc1ccccc1.CCNCCCc1ccccc1.CCOCC.CCOCC.CO.CO.CO.O=C(Cl)CCc1ccccc1.O=C(O)CCc1ccccc1. The van der Waals surface area contributed by atoms with Crippen molar-refractivity contribution in [2.45, 2.75) is 178 Å². The number of halogens is 1. The van der Waals surface area contributed by atoms with Gasteiger partial charge in [-0.3, -0.25) is 19.2 Å². The van der Waals surface area contributed by atoms with E-state index in [2.05, 4.69) is 164 Å². The number of nitrogens with one attached hydrogen (secondary N) is 2. The monoisotopic (exact) mass is 1600 g/mol. The summed E-state index contributed by atoms with van der Waals surface area (Å²) in [6, 6.07) is 82.4. The Balaban J connectivity index is -0.000000611. The third-order valence-corrected chi connectivity index (χ3v) is 16.5. The maximum atomic E-state index is 12.3. The zero-order valence-corrected chi connectivity index (χ0v) is 72.7. The van der Waals surface area contributed by atoms with Crippen molar-refractivity contribution in [1.29, 1.82) is 0 Å². The highest BCUT2D eigenvalue weighted by atomic mass is 35.5. The number of nitrogens with two attached hydrogens (primary N) is 1. The molecular formula is C97H150ClN5O11. The number of aliphatic hydroxyl groups is 3. The lowest BCUT2D eigenvalue weighted by molar-refractivity contribution is -0.137. The molecule has 0 aromatic heterocycles. The molecule has 0 aliphatic carbocycles. The highest BCUT2D eigenvalue weighted by Gasteiger charge is 2.12. The molecule has 8 aromatic rings. The number of aliphatic hydroxyl groups excluding tert-OH is 3. The molecule has 0 spiro atoms. The molecule has 636 valence electrons. The van der Waals surface area contributed by atoms with Gasteiger partial charge in [0.15, 0.2) is 0 Å². The smallest absolute Gasteiger partial charge is 0.303 e. The fraction of sp³-hybridized carbons (Fsp3) is 0.464. The Morgan fingerprint density at radius 3 is 0.912 bits per heavy atom. The number of hydrogen-bond acceptors (Lipinski definition) is 13. The second-order valence-corrected chi connectivity index (χ2v) is 25.5. The number of rotatable bonds is 36. The first-order valence-electron chi connectivity index (χ1n) is 41.2.